The highest BCUT2D eigenvalue weighted by Crippen LogP contribution is 2.27. The summed E-state index contributed by atoms with van der Waals surface area (Å²) < 4.78 is 1.07. The van der Waals surface area contributed by atoms with Crippen LogP contribution in [0.25, 0.3) is 0 Å². The molecule has 0 aliphatic heterocycles. The van der Waals surface area contributed by atoms with E-state index in [0.29, 0.717) is 0 Å². The molecule has 1 aromatic carbocycles. The van der Waals surface area contributed by atoms with Gasteiger partial charge in [0, 0.05) is 4.47 Å². The molecule has 2 rings (SSSR count). The smallest absolute Gasteiger partial charge is 0.0571 e. The van der Waals surface area contributed by atoms with Crippen LogP contribution in [0.3, 0.4) is 0 Å². The molecule has 0 aliphatic carbocycles. The molecule has 0 spiro atoms. The first-order valence-corrected chi connectivity index (χ1v) is 6.04. The van der Waals surface area contributed by atoms with E-state index in [0.717, 1.165) is 10.0 Å². The van der Waals surface area contributed by atoms with Gasteiger partial charge >= 0.3 is 0 Å². The third-order valence-corrected chi connectivity index (χ3v) is 3.57. The minimum absolute atomic E-state index is 0.0307. The van der Waals surface area contributed by atoms with Gasteiger partial charge in [0.1, 0.15) is 0 Å². The van der Waals surface area contributed by atoms with Crippen molar-refractivity contribution in [2.75, 3.05) is 0 Å². The van der Waals surface area contributed by atoms with E-state index in [2.05, 4.69) is 27.4 Å². The molecule has 0 radical (unpaired) electrons. The first-order chi connectivity index (χ1) is 6.79. The van der Waals surface area contributed by atoms with Gasteiger partial charge in [0.25, 0.3) is 0 Å². The van der Waals surface area contributed by atoms with Gasteiger partial charge in [0.05, 0.1) is 6.04 Å². The number of nitrogens with two attached hydrogens (primary N) is 1. The predicted octanol–water partition coefficient (Wildman–Crippen LogP) is 3.56. The minimum Gasteiger partial charge on any atom is -0.320 e. The van der Waals surface area contributed by atoms with Crippen LogP contribution in [-0.2, 0) is 0 Å². The molecule has 1 aromatic heterocycles. The summed E-state index contributed by atoms with van der Waals surface area (Å²) >= 11 is 5.18. The molecular weight excluding hydrogens is 258 g/mol. The molecule has 14 heavy (non-hydrogen) atoms. The van der Waals surface area contributed by atoms with E-state index < -0.39 is 0 Å². The summed E-state index contributed by atoms with van der Waals surface area (Å²) in [5.41, 5.74) is 8.44. The molecule has 0 bridgehead atoms. The van der Waals surface area contributed by atoms with Gasteiger partial charge in [-0.15, -0.1) is 0 Å². The Morgan fingerprint density at radius 1 is 1.21 bits per heavy atom. The first kappa shape index (κ1) is 9.90. The Morgan fingerprint density at radius 2 is 2.00 bits per heavy atom. The lowest BCUT2D eigenvalue weighted by molar-refractivity contribution is 0.871. The summed E-state index contributed by atoms with van der Waals surface area (Å²) in [5, 5.41) is 4.14. The van der Waals surface area contributed by atoms with Crippen LogP contribution in [0.1, 0.15) is 17.2 Å². The average molecular weight is 268 g/mol. The summed E-state index contributed by atoms with van der Waals surface area (Å²) in [4.78, 5) is 0. The molecular formula is C11H10BrNS. The highest BCUT2D eigenvalue weighted by molar-refractivity contribution is 9.10. The first-order valence-electron chi connectivity index (χ1n) is 4.31. The van der Waals surface area contributed by atoms with Crippen molar-refractivity contribution in [1.29, 1.82) is 0 Å². The Bertz CT molecular complexity index is 411. The molecule has 0 saturated carbocycles. The number of thiophene rings is 1. The third kappa shape index (κ3) is 1.90. The van der Waals surface area contributed by atoms with Crippen molar-refractivity contribution < 1.29 is 0 Å². The fourth-order valence-corrected chi connectivity index (χ4v) is 2.59. The van der Waals surface area contributed by atoms with E-state index in [9.17, 15) is 0 Å². The molecule has 1 heterocycles. The van der Waals surface area contributed by atoms with E-state index in [4.69, 9.17) is 5.73 Å². The van der Waals surface area contributed by atoms with E-state index in [1.807, 2.05) is 29.6 Å². The van der Waals surface area contributed by atoms with Crippen LogP contribution < -0.4 is 5.73 Å². The molecule has 2 aromatic rings. The molecule has 72 valence electrons. The fraction of sp³-hybridized carbons (Fsp3) is 0.0909. The summed E-state index contributed by atoms with van der Waals surface area (Å²) in [5.74, 6) is 0. The second kappa shape index (κ2) is 4.26. The molecule has 0 fully saturated rings. The van der Waals surface area contributed by atoms with Crippen LogP contribution in [0.5, 0.6) is 0 Å². The van der Waals surface area contributed by atoms with Crippen molar-refractivity contribution in [2.45, 2.75) is 6.04 Å². The van der Waals surface area contributed by atoms with Crippen LogP contribution in [0, 0.1) is 0 Å². The van der Waals surface area contributed by atoms with Crippen molar-refractivity contribution in [3.05, 3.63) is 56.7 Å². The number of hydrogen-bond donors (Lipinski definition) is 1. The van der Waals surface area contributed by atoms with Crippen LogP contribution >= 0.6 is 27.3 Å². The fourth-order valence-electron chi connectivity index (χ4n) is 1.36. The maximum atomic E-state index is 6.14. The molecule has 2 N–H and O–H groups in total. The quantitative estimate of drug-likeness (QED) is 0.885. The van der Waals surface area contributed by atoms with Gasteiger partial charge in [-0.25, -0.2) is 0 Å². The van der Waals surface area contributed by atoms with Gasteiger partial charge in [0.15, 0.2) is 0 Å². The normalized spacial score (nSPS) is 12.7. The molecule has 0 saturated heterocycles. The largest absolute Gasteiger partial charge is 0.320 e. The van der Waals surface area contributed by atoms with Gasteiger partial charge in [-0.05, 0) is 34.0 Å². The maximum Gasteiger partial charge on any atom is 0.0571 e. The number of hydrogen-bond acceptors (Lipinski definition) is 2. The zero-order chi connectivity index (χ0) is 9.97. The van der Waals surface area contributed by atoms with Crippen LogP contribution in [-0.4, -0.2) is 0 Å². The summed E-state index contributed by atoms with van der Waals surface area (Å²) in [6.45, 7) is 0. The van der Waals surface area contributed by atoms with Crippen molar-refractivity contribution in [1.82, 2.24) is 0 Å². The van der Waals surface area contributed by atoms with Crippen LogP contribution in [0.2, 0.25) is 0 Å². The van der Waals surface area contributed by atoms with Crippen molar-refractivity contribution >= 4 is 27.3 Å². The van der Waals surface area contributed by atoms with Gasteiger partial charge in [0.2, 0.25) is 0 Å². The van der Waals surface area contributed by atoms with Crippen molar-refractivity contribution in [3.8, 4) is 0 Å². The van der Waals surface area contributed by atoms with Crippen LogP contribution in [0.15, 0.2) is 45.6 Å². The average Bonchev–Trinajstić information content (AvgIpc) is 2.70. The lowest BCUT2D eigenvalue weighted by Crippen LogP contribution is -2.11. The van der Waals surface area contributed by atoms with Gasteiger partial charge < -0.3 is 5.73 Å². The van der Waals surface area contributed by atoms with Gasteiger partial charge in [-0.1, -0.05) is 34.1 Å². The summed E-state index contributed by atoms with van der Waals surface area (Å²) in [7, 11) is 0. The van der Waals surface area contributed by atoms with Crippen molar-refractivity contribution in [3.63, 3.8) is 0 Å². The monoisotopic (exact) mass is 267 g/mol. The van der Waals surface area contributed by atoms with E-state index in [1.165, 1.54) is 5.56 Å². The van der Waals surface area contributed by atoms with Gasteiger partial charge in [-0.3, -0.25) is 0 Å². The molecule has 0 unspecified atom stereocenters. The van der Waals surface area contributed by atoms with Crippen molar-refractivity contribution in [2.24, 2.45) is 5.73 Å². The highest BCUT2D eigenvalue weighted by Gasteiger charge is 2.11. The number of halogens is 1. The second-order valence-electron chi connectivity index (χ2n) is 3.06. The Kier molecular flexibility index (Phi) is 3.01. The molecule has 1 nitrogen and oxygen atoms in total. The van der Waals surface area contributed by atoms with Gasteiger partial charge in [-0.2, -0.15) is 11.3 Å². The molecule has 0 amide bonds. The Hall–Kier alpha value is -0.640. The summed E-state index contributed by atoms with van der Waals surface area (Å²) in [6, 6.07) is 10.1. The lowest BCUT2D eigenvalue weighted by Gasteiger charge is -2.11. The topological polar surface area (TPSA) is 26.0 Å². The second-order valence-corrected chi connectivity index (χ2v) is 4.69. The maximum absolute atomic E-state index is 6.14. The van der Waals surface area contributed by atoms with E-state index in [1.54, 1.807) is 11.3 Å². The zero-order valence-corrected chi connectivity index (χ0v) is 9.88. The standard InChI is InChI=1S/C11H10BrNS/c12-10-4-2-1-3-9(10)11(13)8-5-6-14-7-8/h1-7,11H,13H2/t11-/m1/s1. The zero-order valence-electron chi connectivity index (χ0n) is 7.48. The highest BCUT2D eigenvalue weighted by atomic mass is 79.9. The SMILES string of the molecule is N[C@H](c1ccsc1)c1ccccc1Br. The molecule has 1 atom stereocenters. The number of benzene rings is 1. The Labute approximate surface area is 95.7 Å². The summed E-state index contributed by atoms with van der Waals surface area (Å²) in [6.07, 6.45) is 0. The van der Waals surface area contributed by atoms with E-state index >= 15 is 0 Å². The third-order valence-electron chi connectivity index (χ3n) is 2.14. The minimum atomic E-state index is -0.0307. The molecule has 0 aliphatic rings. The van der Waals surface area contributed by atoms with E-state index in [-0.39, 0.29) is 6.04 Å². The predicted molar refractivity (Wildman–Crippen MR) is 64.5 cm³/mol. The van der Waals surface area contributed by atoms with Crippen LogP contribution in [0.4, 0.5) is 0 Å². The molecule has 3 heteroatoms. The Balaban J connectivity index is 2.37. The Morgan fingerprint density at radius 3 is 2.64 bits per heavy atom. The lowest BCUT2D eigenvalue weighted by atomic mass is 10.0. The number of rotatable bonds is 2.